The van der Waals surface area contributed by atoms with E-state index in [2.05, 4.69) is 15.9 Å². The summed E-state index contributed by atoms with van der Waals surface area (Å²) in [6.45, 7) is 1.23. The Balaban J connectivity index is 1.86. The first-order chi connectivity index (χ1) is 10.1. The van der Waals surface area contributed by atoms with Crippen LogP contribution >= 0.6 is 15.9 Å². The number of carbonyl (C=O) groups is 2. The third-order valence-electron chi connectivity index (χ3n) is 3.62. The van der Waals surface area contributed by atoms with Gasteiger partial charge in [0.1, 0.15) is 19.3 Å². The quantitative estimate of drug-likeness (QED) is 0.894. The van der Waals surface area contributed by atoms with E-state index in [4.69, 9.17) is 9.47 Å². The van der Waals surface area contributed by atoms with Crippen molar-refractivity contribution in [3.63, 3.8) is 0 Å². The second kappa shape index (κ2) is 5.55. The third-order valence-corrected chi connectivity index (χ3v) is 4.21. The minimum atomic E-state index is -0.961. The van der Waals surface area contributed by atoms with Gasteiger partial charge in [0.15, 0.2) is 11.5 Å². The number of carboxylic acid groups (broad SMARTS) is 1. The molecule has 1 aromatic carbocycles. The SMILES string of the molecule is O=C(O)C1CCC(=O)N1Cc1cc(Br)c2c(c1)OCCO2. The lowest BCUT2D eigenvalue weighted by Gasteiger charge is -2.24. The molecule has 21 heavy (non-hydrogen) atoms. The van der Waals surface area contributed by atoms with Crippen molar-refractivity contribution >= 4 is 27.8 Å². The lowest BCUT2D eigenvalue weighted by molar-refractivity contribution is -0.146. The molecule has 1 aromatic rings. The van der Waals surface area contributed by atoms with E-state index in [1.807, 2.05) is 6.07 Å². The molecule has 2 aliphatic rings. The van der Waals surface area contributed by atoms with Gasteiger partial charge in [-0.05, 0) is 40.0 Å². The highest BCUT2D eigenvalue weighted by atomic mass is 79.9. The van der Waals surface area contributed by atoms with Crippen LogP contribution in [0.5, 0.6) is 11.5 Å². The van der Waals surface area contributed by atoms with E-state index in [1.165, 1.54) is 4.90 Å². The van der Waals surface area contributed by atoms with Crippen molar-refractivity contribution < 1.29 is 24.2 Å². The maximum absolute atomic E-state index is 11.9. The molecule has 0 bridgehead atoms. The van der Waals surface area contributed by atoms with Crippen molar-refractivity contribution in [3.8, 4) is 11.5 Å². The second-order valence-electron chi connectivity index (χ2n) is 5.02. The molecule has 0 radical (unpaired) electrons. The van der Waals surface area contributed by atoms with E-state index in [0.717, 1.165) is 10.0 Å². The predicted octanol–water partition coefficient (Wildman–Crippen LogP) is 1.80. The van der Waals surface area contributed by atoms with Gasteiger partial charge in [0.25, 0.3) is 0 Å². The lowest BCUT2D eigenvalue weighted by Crippen LogP contribution is -2.37. The molecule has 1 atom stereocenters. The van der Waals surface area contributed by atoms with E-state index >= 15 is 0 Å². The van der Waals surface area contributed by atoms with Crippen molar-refractivity contribution in [3.05, 3.63) is 22.2 Å². The Bertz CT molecular complexity index is 603. The Hall–Kier alpha value is -1.76. The van der Waals surface area contributed by atoms with Gasteiger partial charge < -0.3 is 19.5 Å². The van der Waals surface area contributed by atoms with Crippen LogP contribution in [0.1, 0.15) is 18.4 Å². The maximum Gasteiger partial charge on any atom is 0.326 e. The maximum atomic E-state index is 11.9. The molecule has 0 aromatic heterocycles. The number of likely N-dealkylation sites (tertiary alicyclic amines) is 1. The van der Waals surface area contributed by atoms with Crippen LogP contribution < -0.4 is 9.47 Å². The highest BCUT2D eigenvalue weighted by Crippen LogP contribution is 2.39. The summed E-state index contributed by atoms with van der Waals surface area (Å²) in [7, 11) is 0. The summed E-state index contributed by atoms with van der Waals surface area (Å²) in [5.74, 6) is 0.169. The molecular weight excluding hydrogens is 342 g/mol. The van der Waals surface area contributed by atoms with E-state index < -0.39 is 12.0 Å². The number of amides is 1. The third kappa shape index (κ3) is 2.70. The van der Waals surface area contributed by atoms with Crippen LogP contribution in [0.4, 0.5) is 0 Å². The van der Waals surface area contributed by atoms with Crippen molar-refractivity contribution in [2.45, 2.75) is 25.4 Å². The lowest BCUT2D eigenvalue weighted by atomic mass is 10.1. The fraction of sp³-hybridized carbons (Fsp3) is 0.429. The largest absolute Gasteiger partial charge is 0.486 e. The van der Waals surface area contributed by atoms with Gasteiger partial charge in [-0.1, -0.05) is 0 Å². The van der Waals surface area contributed by atoms with Crippen LogP contribution in [-0.4, -0.2) is 41.1 Å². The van der Waals surface area contributed by atoms with Crippen molar-refractivity contribution in [2.75, 3.05) is 13.2 Å². The first kappa shape index (κ1) is 14.2. The molecule has 1 fully saturated rings. The van der Waals surface area contributed by atoms with E-state index in [1.54, 1.807) is 6.07 Å². The minimum absolute atomic E-state index is 0.131. The topological polar surface area (TPSA) is 76.1 Å². The molecule has 112 valence electrons. The Morgan fingerprint density at radius 3 is 2.90 bits per heavy atom. The highest BCUT2D eigenvalue weighted by molar-refractivity contribution is 9.10. The van der Waals surface area contributed by atoms with Gasteiger partial charge in [-0.15, -0.1) is 0 Å². The van der Waals surface area contributed by atoms with Crippen molar-refractivity contribution in [1.29, 1.82) is 0 Å². The number of halogens is 1. The molecule has 3 rings (SSSR count). The van der Waals surface area contributed by atoms with Gasteiger partial charge in [-0.25, -0.2) is 4.79 Å². The summed E-state index contributed by atoms with van der Waals surface area (Å²) in [6, 6.07) is 2.88. The smallest absolute Gasteiger partial charge is 0.326 e. The van der Waals surface area contributed by atoms with Gasteiger partial charge in [0, 0.05) is 13.0 Å². The Morgan fingerprint density at radius 1 is 1.38 bits per heavy atom. The number of hydrogen-bond donors (Lipinski definition) is 1. The fourth-order valence-corrected chi connectivity index (χ4v) is 3.24. The number of aliphatic carboxylic acids is 1. The minimum Gasteiger partial charge on any atom is -0.486 e. The normalized spacial score (nSPS) is 20.7. The molecule has 7 heteroatoms. The molecule has 0 saturated carbocycles. The average molecular weight is 356 g/mol. The van der Waals surface area contributed by atoms with Gasteiger partial charge in [0.05, 0.1) is 4.47 Å². The summed E-state index contributed by atoms with van der Waals surface area (Å²) in [4.78, 5) is 24.5. The summed E-state index contributed by atoms with van der Waals surface area (Å²) < 4.78 is 11.8. The molecule has 1 N–H and O–H groups in total. The molecule has 0 aliphatic carbocycles. The first-order valence-electron chi connectivity index (χ1n) is 6.66. The highest BCUT2D eigenvalue weighted by Gasteiger charge is 2.36. The molecule has 1 unspecified atom stereocenters. The average Bonchev–Trinajstić information content (AvgIpc) is 2.80. The number of benzene rings is 1. The van der Waals surface area contributed by atoms with Gasteiger partial charge in [-0.3, -0.25) is 4.79 Å². The Labute approximate surface area is 129 Å². The molecule has 2 aliphatic heterocycles. The van der Waals surface area contributed by atoms with Gasteiger partial charge >= 0.3 is 5.97 Å². The molecule has 1 saturated heterocycles. The molecule has 6 nitrogen and oxygen atoms in total. The van der Waals surface area contributed by atoms with E-state index in [-0.39, 0.29) is 18.9 Å². The molecule has 2 heterocycles. The van der Waals surface area contributed by atoms with E-state index in [9.17, 15) is 14.7 Å². The zero-order valence-electron chi connectivity index (χ0n) is 11.2. The van der Waals surface area contributed by atoms with Gasteiger partial charge in [-0.2, -0.15) is 0 Å². The fourth-order valence-electron chi connectivity index (χ4n) is 2.64. The summed E-state index contributed by atoms with van der Waals surface area (Å²) in [6.07, 6.45) is 0.641. The summed E-state index contributed by atoms with van der Waals surface area (Å²) in [5, 5.41) is 9.18. The molecule has 0 spiro atoms. The van der Waals surface area contributed by atoms with Crippen LogP contribution in [0.25, 0.3) is 0 Å². The summed E-state index contributed by atoms with van der Waals surface area (Å²) >= 11 is 3.42. The number of carboxylic acids is 1. The summed E-state index contributed by atoms with van der Waals surface area (Å²) in [5.41, 5.74) is 0.813. The van der Waals surface area contributed by atoms with Crippen LogP contribution in [0.3, 0.4) is 0 Å². The van der Waals surface area contributed by atoms with Crippen LogP contribution in [0, 0.1) is 0 Å². The van der Waals surface area contributed by atoms with Crippen LogP contribution in [0.2, 0.25) is 0 Å². The molecular formula is C14H14BrNO5. The van der Waals surface area contributed by atoms with Crippen LogP contribution in [-0.2, 0) is 16.1 Å². The van der Waals surface area contributed by atoms with Crippen molar-refractivity contribution in [2.24, 2.45) is 0 Å². The number of nitrogens with zero attached hydrogens (tertiary/aromatic N) is 1. The molecule has 1 amide bonds. The second-order valence-corrected chi connectivity index (χ2v) is 5.87. The van der Waals surface area contributed by atoms with Gasteiger partial charge in [0.2, 0.25) is 5.91 Å². The van der Waals surface area contributed by atoms with E-state index in [0.29, 0.717) is 31.1 Å². The number of hydrogen-bond acceptors (Lipinski definition) is 4. The monoisotopic (exact) mass is 355 g/mol. The number of carbonyl (C=O) groups excluding carboxylic acids is 1. The standard InChI is InChI=1S/C14H14BrNO5/c15-9-5-8(6-11-13(9)21-4-3-20-11)7-16-10(14(18)19)1-2-12(16)17/h5-6,10H,1-4,7H2,(H,18,19). The number of ether oxygens (including phenoxy) is 2. The Kier molecular flexibility index (Phi) is 3.75. The van der Waals surface area contributed by atoms with Crippen molar-refractivity contribution in [1.82, 2.24) is 4.90 Å². The zero-order chi connectivity index (χ0) is 15.0. The predicted molar refractivity (Wildman–Crippen MR) is 76.3 cm³/mol. The zero-order valence-corrected chi connectivity index (χ0v) is 12.8. The Morgan fingerprint density at radius 2 is 2.14 bits per heavy atom. The van der Waals surface area contributed by atoms with Crippen LogP contribution in [0.15, 0.2) is 16.6 Å². The number of rotatable bonds is 3. The number of fused-ring (bicyclic) bond motifs is 1. The first-order valence-corrected chi connectivity index (χ1v) is 7.46.